The lowest BCUT2D eigenvalue weighted by molar-refractivity contribution is 0.0964. The van der Waals surface area contributed by atoms with E-state index in [1.54, 1.807) is 12.1 Å². The minimum Gasteiger partial charge on any atom is -0.506 e. The molecule has 0 unspecified atom stereocenters. The summed E-state index contributed by atoms with van der Waals surface area (Å²) >= 11 is 12.2. The second-order valence-corrected chi connectivity index (χ2v) is 10.1. The van der Waals surface area contributed by atoms with Crippen LogP contribution in [0, 0.1) is 0 Å². The number of nitrogens with zero attached hydrogens (tertiary/aromatic N) is 1. The van der Waals surface area contributed by atoms with Crippen molar-refractivity contribution >= 4 is 67.9 Å². The van der Waals surface area contributed by atoms with Gasteiger partial charge in [-0.25, -0.2) is 13.2 Å². The maximum absolute atomic E-state index is 12.6. The minimum atomic E-state index is -3.50. The van der Waals surface area contributed by atoms with Gasteiger partial charge in [0.05, 0.1) is 31.8 Å². The molecule has 3 aromatic carbocycles. The molecule has 12 heteroatoms. The number of hydrogen-bond acceptors (Lipinski definition) is 6. The van der Waals surface area contributed by atoms with Gasteiger partial charge in [0, 0.05) is 11.9 Å². The zero-order valence-corrected chi connectivity index (χ0v) is 19.6. The molecule has 0 radical (unpaired) electrons. The summed E-state index contributed by atoms with van der Waals surface area (Å²) in [7, 11) is -3.50. The van der Waals surface area contributed by atoms with Crippen molar-refractivity contribution in [3.05, 3.63) is 75.8 Å². The number of aromatic hydroxyl groups is 1. The van der Waals surface area contributed by atoms with Crippen LogP contribution in [0.4, 0.5) is 21.9 Å². The van der Waals surface area contributed by atoms with E-state index in [4.69, 9.17) is 23.2 Å². The molecule has 0 bridgehead atoms. The first kappa shape index (κ1) is 23.6. The predicted molar refractivity (Wildman–Crippen MR) is 127 cm³/mol. The molecule has 4 rings (SSSR count). The van der Waals surface area contributed by atoms with Crippen LogP contribution in [-0.2, 0) is 9.84 Å². The Kier molecular flexibility index (Phi) is 5.98. The number of carbonyl (C=O) groups is 3. The SMILES string of the molecule is CS(=O)(=O)c1ccc(C(=O)Nc2ccc(Cl)c(C(=O)NC(=O)N3c4cccc(O)c43)c2)c(Cl)c1. The highest BCUT2D eigenvalue weighted by Gasteiger charge is 2.39. The average Bonchev–Trinajstić information content (AvgIpc) is 3.50. The maximum Gasteiger partial charge on any atom is 0.333 e. The minimum absolute atomic E-state index is 0.0179. The Bertz CT molecular complexity index is 1490. The van der Waals surface area contributed by atoms with Crippen molar-refractivity contribution < 1.29 is 27.9 Å². The molecule has 1 aliphatic heterocycles. The summed E-state index contributed by atoms with van der Waals surface area (Å²) in [6.45, 7) is 0. The number of halogens is 2. The number of fused-ring (bicyclic) bond motifs is 1. The molecule has 34 heavy (non-hydrogen) atoms. The van der Waals surface area contributed by atoms with Crippen LogP contribution in [0.5, 0.6) is 5.75 Å². The highest BCUT2D eigenvalue weighted by atomic mass is 35.5. The number of nitrogens with one attached hydrogen (secondary N) is 2. The molecule has 3 aromatic rings. The molecule has 0 saturated heterocycles. The van der Waals surface area contributed by atoms with E-state index >= 15 is 0 Å². The van der Waals surface area contributed by atoms with Gasteiger partial charge >= 0.3 is 6.03 Å². The number of para-hydroxylation sites is 1. The van der Waals surface area contributed by atoms with Gasteiger partial charge in [-0.2, -0.15) is 0 Å². The molecule has 1 heterocycles. The Labute approximate surface area is 203 Å². The lowest BCUT2D eigenvalue weighted by Gasteiger charge is -2.11. The molecule has 4 amide bonds. The number of urea groups is 1. The fraction of sp³-hybridized carbons (Fsp3) is 0.0455. The van der Waals surface area contributed by atoms with Crippen molar-refractivity contribution in [2.45, 2.75) is 4.90 Å². The summed E-state index contributed by atoms with van der Waals surface area (Å²) < 4.78 is 23.3. The summed E-state index contributed by atoms with van der Waals surface area (Å²) in [6.07, 6.45) is 1.02. The number of sulfone groups is 1. The number of imide groups is 1. The number of rotatable bonds is 4. The van der Waals surface area contributed by atoms with Gasteiger partial charge in [-0.3, -0.25) is 19.8 Å². The van der Waals surface area contributed by atoms with Gasteiger partial charge in [0.1, 0.15) is 11.4 Å². The monoisotopic (exact) mass is 519 g/mol. The van der Waals surface area contributed by atoms with Crippen LogP contribution in [0.1, 0.15) is 20.7 Å². The van der Waals surface area contributed by atoms with Crippen molar-refractivity contribution in [1.82, 2.24) is 5.32 Å². The Balaban J connectivity index is 1.49. The van der Waals surface area contributed by atoms with Crippen molar-refractivity contribution in [1.29, 1.82) is 0 Å². The Morgan fingerprint density at radius 3 is 2.29 bits per heavy atom. The van der Waals surface area contributed by atoms with Crippen LogP contribution in [0.15, 0.2) is 59.5 Å². The second-order valence-electron chi connectivity index (χ2n) is 7.30. The molecule has 0 aliphatic carbocycles. The largest absolute Gasteiger partial charge is 0.506 e. The summed E-state index contributed by atoms with van der Waals surface area (Å²) in [5.41, 5.74) is 0.892. The fourth-order valence-electron chi connectivity index (χ4n) is 3.20. The molecule has 0 spiro atoms. The molecule has 0 saturated carbocycles. The van der Waals surface area contributed by atoms with E-state index in [2.05, 4.69) is 10.6 Å². The van der Waals surface area contributed by atoms with Gasteiger partial charge in [-0.15, -0.1) is 0 Å². The van der Waals surface area contributed by atoms with Gasteiger partial charge < -0.3 is 10.4 Å². The molecule has 1 aliphatic rings. The molecule has 174 valence electrons. The van der Waals surface area contributed by atoms with E-state index in [0.29, 0.717) is 11.4 Å². The third-order valence-electron chi connectivity index (χ3n) is 4.91. The van der Waals surface area contributed by atoms with Crippen molar-refractivity contribution in [2.75, 3.05) is 16.5 Å². The molecule has 0 aromatic heterocycles. The van der Waals surface area contributed by atoms with Crippen LogP contribution in [0.25, 0.3) is 0 Å². The zero-order valence-electron chi connectivity index (χ0n) is 17.3. The number of amides is 4. The number of carbonyl (C=O) groups excluding carboxylic acids is 3. The lowest BCUT2D eigenvalue weighted by atomic mass is 10.1. The van der Waals surface area contributed by atoms with Crippen LogP contribution in [0.2, 0.25) is 10.0 Å². The van der Waals surface area contributed by atoms with Crippen LogP contribution in [-0.4, -0.2) is 37.6 Å². The van der Waals surface area contributed by atoms with E-state index in [9.17, 15) is 27.9 Å². The second kappa shape index (κ2) is 8.64. The zero-order chi connectivity index (χ0) is 24.8. The average molecular weight is 520 g/mol. The van der Waals surface area contributed by atoms with E-state index in [0.717, 1.165) is 11.2 Å². The summed E-state index contributed by atoms with van der Waals surface area (Å²) in [5.74, 6) is -1.56. The first-order valence-electron chi connectivity index (χ1n) is 9.55. The van der Waals surface area contributed by atoms with Crippen molar-refractivity contribution in [3.8, 4) is 5.75 Å². The quantitative estimate of drug-likeness (QED) is 0.438. The van der Waals surface area contributed by atoms with Gasteiger partial charge in [-0.05, 0) is 48.5 Å². The van der Waals surface area contributed by atoms with E-state index in [1.807, 2.05) is 0 Å². The first-order valence-corrected chi connectivity index (χ1v) is 12.2. The summed E-state index contributed by atoms with van der Waals surface area (Å²) in [5, 5.41) is 14.5. The number of phenols is 1. The van der Waals surface area contributed by atoms with Crippen LogP contribution < -0.4 is 15.5 Å². The van der Waals surface area contributed by atoms with Crippen molar-refractivity contribution in [3.63, 3.8) is 0 Å². The number of hydrogen-bond donors (Lipinski definition) is 3. The molecular weight excluding hydrogens is 505 g/mol. The first-order chi connectivity index (χ1) is 16.0. The van der Waals surface area contributed by atoms with Crippen LogP contribution in [0.3, 0.4) is 0 Å². The van der Waals surface area contributed by atoms with Gasteiger partial charge in [0.25, 0.3) is 11.8 Å². The smallest absolute Gasteiger partial charge is 0.333 e. The standard InChI is InChI=1S/C22H15Cl2N3O6S/c1-34(32,33)12-6-7-13(16(24)10-12)20(29)25-11-5-8-15(23)14(9-11)21(30)26-22(31)27-17-3-2-4-18(28)19(17)27/h2-10,28H,1H3,(H,25,29)(H,26,30,31). The maximum atomic E-state index is 12.6. The number of phenolic OH excluding ortho intramolecular Hbond substituents is 1. The lowest BCUT2D eigenvalue weighted by Crippen LogP contribution is -2.35. The number of anilines is 3. The highest BCUT2D eigenvalue weighted by Crippen LogP contribution is 2.53. The molecule has 0 fully saturated rings. The molecule has 0 atom stereocenters. The topological polar surface area (TPSA) is 133 Å². The number of benzene rings is 3. The molecule has 3 N–H and O–H groups in total. The summed E-state index contributed by atoms with van der Waals surface area (Å²) in [4.78, 5) is 38.8. The highest BCUT2D eigenvalue weighted by molar-refractivity contribution is 7.90. The third-order valence-corrected chi connectivity index (χ3v) is 6.67. The predicted octanol–water partition coefficient (Wildman–Crippen LogP) is 4.36. The Hall–Kier alpha value is -3.60. The summed E-state index contributed by atoms with van der Waals surface area (Å²) in [6, 6.07) is 11.6. The van der Waals surface area contributed by atoms with Crippen molar-refractivity contribution in [2.24, 2.45) is 0 Å². The Morgan fingerprint density at radius 2 is 1.65 bits per heavy atom. The fourth-order valence-corrected chi connectivity index (χ4v) is 4.39. The van der Waals surface area contributed by atoms with E-state index < -0.39 is 27.7 Å². The van der Waals surface area contributed by atoms with E-state index in [-0.39, 0.29) is 37.5 Å². The Morgan fingerprint density at radius 1 is 0.912 bits per heavy atom. The molecule has 9 nitrogen and oxygen atoms in total. The normalized spacial score (nSPS) is 12.0. The molecular formula is C22H15Cl2N3O6S. The van der Waals surface area contributed by atoms with Gasteiger partial charge in [-0.1, -0.05) is 29.3 Å². The van der Waals surface area contributed by atoms with Crippen LogP contribution >= 0.6 is 23.2 Å². The third kappa shape index (κ3) is 4.56. The van der Waals surface area contributed by atoms with E-state index in [1.165, 1.54) is 42.5 Å². The van der Waals surface area contributed by atoms with Gasteiger partial charge in [0.15, 0.2) is 9.84 Å². The van der Waals surface area contributed by atoms with Gasteiger partial charge in [0.2, 0.25) is 0 Å².